The Morgan fingerprint density at radius 1 is 0.938 bits per heavy atom. The van der Waals surface area contributed by atoms with Crippen molar-refractivity contribution in [3.05, 3.63) is 0 Å². The summed E-state index contributed by atoms with van der Waals surface area (Å²) in [7, 11) is -5.98. The van der Waals surface area contributed by atoms with Crippen LogP contribution in [0.15, 0.2) is 0 Å². The van der Waals surface area contributed by atoms with Crippen molar-refractivity contribution in [1.82, 2.24) is 0 Å². The van der Waals surface area contributed by atoms with Crippen molar-refractivity contribution >= 4 is 22.1 Å². The summed E-state index contributed by atoms with van der Waals surface area (Å²) in [5.74, 6) is -1.84. The topological polar surface area (TPSA) is 119 Å². The molecule has 32 heavy (non-hydrogen) atoms. The van der Waals surface area contributed by atoms with E-state index >= 15 is 0 Å². The molecule has 8 nitrogen and oxygen atoms in total. The van der Waals surface area contributed by atoms with E-state index in [1.54, 1.807) is 0 Å². The van der Waals surface area contributed by atoms with Crippen molar-refractivity contribution in [1.29, 1.82) is 0 Å². The fourth-order valence-corrected chi connectivity index (χ4v) is 7.59. The van der Waals surface area contributed by atoms with Crippen molar-refractivity contribution in [3.63, 3.8) is 0 Å². The lowest BCUT2D eigenvalue weighted by Gasteiger charge is -2.56. The van der Waals surface area contributed by atoms with Crippen LogP contribution in [0.5, 0.6) is 0 Å². The van der Waals surface area contributed by atoms with Gasteiger partial charge in [-0.3, -0.25) is 9.59 Å². The Kier molecular flexibility index (Phi) is 5.33. The van der Waals surface area contributed by atoms with Gasteiger partial charge in [-0.1, -0.05) is 0 Å². The lowest BCUT2D eigenvalue weighted by atomic mass is 9.50. The molecule has 0 amide bonds. The number of alkyl halides is 2. The third-order valence-corrected chi connectivity index (χ3v) is 9.10. The molecular formula is C21H27F2O8S-. The van der Waals surface area contributed by atoms with Crippen LogP contribution in [-0.4, -0.2) is 55.6 Å². The first kappa shape index (κ1) is 22.5. The van der Waals surface area contributed by atoms with E-state index < -0.39 is 58.0 Å². The first-order valence-electron chi connectivity index (χ1n) is 11.3. The van der Waals surface area contributed by atoms with Gasteiger partial charge in [-0.15, -0.1) is 0 Å². The van der Waals surface area contributed by atoms with Crippen LogP contribution < -0.4 is 0 Å². The van der Waals surface area contributed by atoms with Gasteiger partial charge >= 0.3 is 17.2 Å². The van der Waals surface area contributed by atoms with E-state index in [-0.39, 0.29) is 12.0 Å². The van der Waals surface area contributed by atoms with E-state index in [9.17, 15) is 31.3 Å². The molecule has 6 rings (SSSR count). The van der Waals surface area contributed by atoms with Gasteiger partial charge in [-0.05, 0) is 69.1 Å². The van der Waals surface area contributed by atoms with Crippen molar-refractivity contribution in [2.24, 2.45) is 35.0 Å². The number of carbonyl (C=O) groups is 2. The molecule has 6 bridgehead atoms. The highest BCUT2D eigenvalue weighted by Gasteiger charge is 2.58. The van der Waals surface area contributed by atoms with Crippen molar-refractivity contribution < 1.29 is 45.6 Å². The second kappa shape index (κ2) is 7.59. The van der Waals surface area contributed by atoms with Gasteiger partial charge < -0.3 is 18.8 Å². The van der Waals surface area contributed by atoms with Crippen LogP contribution in [0.4, 0.5) is 8.78 Å². The second-order valence-corrected chi connectivity index (χ2v) is 12.1. The van der Waals surface area contributed by atoms with E-state index in [4.69, 9.17) is 9.47 Å². The lowest BCUT2D eigenvalue weighted by Crippen LogP contribution is -2.49. The molecule has 4 saturated carbocycles. The SMILES string of the molecule is O=C(OCC12CC3CC(CC(C3)C1)C2)C1C2CCC(O2)C1C(=O)OCC(F)(F)S(=O)(=O)[O-]. The third-order valence-electron chi connectivity index (χ3n) is 8.25. The van der Waals surface area contributed by atoms with Crippen LogP contribution in [0.1, 0.15) is 51.4 Å². The maximum Gasteiger partial charge on any atom is 0.367 e. The van der Waals surface area contributed by atoms with Crippen molar-refractivity contribution in [3.8, 4) is 0 Å². The average Bonchev–Trinajstić information content (AvgIpc) is 3.30. The zero-order valence-electron chi connectivity index (χ0n) is 17.5. The molecule has 4 aliphatic carbocycles. The number of halogens is 2. The normalized spacial score (nSPS) is 42.3. The van der Waals surface area contributed by atoms with Gasteiger partial charge in [0, 0.05) is 5.41 Å². The van der Waals surface area contributed by atoms with E-state index in [2.05, 4.69) is 4.74 Å². The molecule has 11 heteroatoms. The van der Waals surface area contributed by atoms with Gasteiger partial charge in [0.2, 0.25) is 0 Å². The molecule has 6 fully saturated rings. The molecule has 180 valence electrons. The zero-order valence-corrected chi connectivity index (χ0v) is 18.4. The summed E-state index contributed by atoms with van der Waals surface area (Å²) in [5, 5.41) is -4.74. The molecule has 6 aliphatic rings. The number of fused-ring (bicyclic) bond motifs is 2. The van der Waals surface area contributed by atoms with Crippen molar-refractivity contribution in [2.45, 2.75) is 68.8 Å². The minimum absolute atomic E-state index is 0.0105. The van der Waals surface area contributed by atoms with Gasteiger partial charge in [0.25, 0.3) is 0 Å². The van der Waals surface area contributed by atoms with Gasteiger partial charge in [0.15, 0.2) is 16.7 Å². The maximum absolute atomic E-state index is 13.4. The predicted octanol–water partition coefficient (Wildman–Crippen LogP) is 2.22. The van der Waals surface area contributed by atoms with Crippen LogP contribution >= 0.6 is 0 Å². The van der Waals surface area contributed by atoms with Crippen LogP contribution in [0.3, 0.4) is 0 Å². The first-order valence-corrected chi connectivity index (χ1v) is 12.7. The Bertz CT molecular complexity index is 868. The summed E-state index contributed by atoms with van der Waals surface area (Å²) in [6.45, 7) is -1.60. The van der Waals surface area contributed by atoms with Gasteiger partial charge in [-0.2, -0.15) is 8.78 Å². The first-order chi connectivity index (χ1) is 15.0. The standard InChI is InChI=1S/C21H28F2O8S/c22-21(23,32(26,27)28)10-30-19(25)17-15-2-1-14(31-15)16(17)18(24)29-9-20-6-11-3-12(7-20)5-13(4-11)8-20/h11-17H,1-10H2,(H,26,27,28)/p-1. The minimum Gasteiger partial charge on any atom is -0.743 e. The third kappa shape index (κ3) is 3.83. The summed E-state index contributed by atoms with van der Waals surface area (Å²) in [4.78, 5) is 25.5. The molecular weight excluding hydrogens is 450 g/mol. The Labute approximate surface area is 185 Å². The molecule has 0 radical (unpaired) electrons. The number of hydrogen-bond acceptors (Lipinski definition) is 8. The Balaban J connectivity index is 1.23. The monoisotopic (exact) mass is 477 g/mol. The predicted molar refractivity (Wildman–Crippen MR) is 102 cm³/mol. The molecule has 0 aromatic heterocycles. The number of hydrogen-bond donors (Lipinski definition) is 0. The number of esters is 2. The quantitative estimate of drug-likeness (QED) is 0.405. The van der Waals surface area contributed by atoms with E-state index in [0.29, 0.717) is 30.6 Å². The Hall–Kier alpha value is -1.33. The van der Waals surface area contributed by atoms with Crippen LogP contribution in [0, 0.1) is 35.0 Å². The van der Waals surface area contributed by atoms with E-state index in [1.807, 2.05) is 0 Å². The lowest BCUT2D eigenvalue weighted by molar-refractivity contribution is -0.169. The summed E-state index contributed by atoms with van der Waals surface area (Å²) in [6, 6.07) is 0. The minimum atomic E-state index is -5.98. The summed E-state index contributed by atoms with van der Waals surface area (Å²) in [5.41, 5.74) is -0.0105. The number of ether oxygens (including phenoxy) is 3. The fraction of sp³-hybridized carbons (Fsp3) is 0.905. The number of rotatable bonds is 7. The molecule has 2 saturated heterocycles. The molecule has 0 aromatic rings. The van der Waals surface area contributed by atoms with Gasteiger partial charge in [0.1, 0.15) is 0 Å². The highest BCUT2D eigenvalue weighted by molar-refractivity contribution is 7.86. The number of carbonyl (C=O) groups excluding carboxylic acids is 2. The Morgan fingerprint density at radius 3 is 1.88 bits per heavy atom. The molecule has 4 unspecified atom stereocenters. The molecule has 0 spiro atoms. The summed E-state index contributed by atoms with van der Waals surface area (Å²) < 4.78 is 74.6. The average molecular weight is 478 g/mol. The fourth-order valence-electron chi connectivity index (χ4n) is 7.39. The largest absolute Gasteiger partial charge is 0.743 e. The molecule has 2 heterocycles. The maximum atomic E-state index is 13.4. The van der Waals surface area contributed by atoms with Gasteiger partial charge in [-0.25, -0.2) is 8.42 Å². The van der Waals surface area contributed by atoms with Crippen LogP contribution in [0.2, 0.25) is 0 Å². The molecule has 0 N–H and O–H groups in total. The highest BCUT2D eigenvalue weighted by atomic mass is 32.2. The van der Waals surface area contributed by atoms with Crippen LogP contribution in [0.25, 0.3) is 0 Å². The Morgan fingerprint density at radius 2 is 1.41 bits per heavy atom. The highest BCUT2D eigenvalue weighted by Crippen LogP contribution is 2.60. The molecule has 2 aliphatic heterocycles. The second-order valence-electron chi connectivity index (χ2n) is 10.6. The van der Waals surface area contributed by atoms with E-state index in [1.165, 1.54) is 19.3 Å². The zero-order chi connectivity index (χ0) is 22.9. The van der Waals surface area contributed by atoms with E-state index in [0.717, 1.165) is 19.3 Å². The summed E-state index contributed by atoms with van der Waals surface area (Å²) >= 11 is 0. The summed E-state index contributed by atoms with van der Waals surface area (Å²) in [6.07, 6.45) is 6.65. The van der Waals surface area contributed by atoms with Crippen LogP contribution in [-0.2, 0) is 33.9 Å². The van der Waals surface area contributed by atoms with Gasteiger partial charge in [0.05, 0.1) is 30.7 Å². The smallest absolute Gasteiger partial charge is 0.367 e. The molecule has 4 atom stereocenters. The van der Waals surface area contributed by atoms with Crippen molar-refractivity contribution in [2.75, 3.05) is 13.2 Å². The molecule has 0 aromatic carbocycles.